The molecule has 10 nitrogen and oxygen atoms in total. The normalized spacial score (nSPS) is 25.6. The molecule has 5 heterocycles. The van der Waals surface area contributed by atoms with E-state index in [1.807, 2.05) is 0 Å². The van der Waals surface area contributed by atoms with Crippen LogP contribution in [-0.4, -0.2) is 85.2 Å². The molecule has 2 unspecified atom stereocenters. The van der Waals surface area contributed by atoms with Gasteiger partial charge in [0.15, 0.2) is 5.82 Å². The summed E-state index contributed by atoms with van der Waals surface area (Å²) in [5.74, 6) is 1.16. The molecule has 5 rings (SSSR count). The van der Waals surface area contributed by atoms with Crippen molar-refractivity contribution in [3.63, 3.8) is 0 Å². The summed E-state index contributed by atoms with van der Waals surface area (Å²) in [5.41, 5.74) is -1.18. The third-order valence-corrected chi connectivity index (χ3v) is 7.00. The van der Waals surface area contributed by atoms with E-state index in [4.69, 9.17) is 0 Å². The van der Waals surface area contributed by atoms with Crippen LogP contribution in [0.5, 0.6) is 0 Å². The van der Waals surface area contributed by atoms with Gasteiger partial charge < -0.3 is 25.3 Å². The van der Waals surface area contributed by atoms with E-state index in [9.17, 15) is 27.8 Å². The number of pyridine rings is 1. The average Bonchev–Trinajstić information content (AvgIpc) is 3.43. The topological polar surface area (TPSA) is 115 Å². The van der Waals surface area contributed by atoms with E-state index < -0.39 is 30.1 Å². The number of anilines is 4. The molecule has 0 spiro atoms. The summed E-state index contributed by atoms with van der Waals surface area (Å²) in [6, 6.07) is 1.15. The summed E-state index contributed by atoms with van der Waals surface area (Å²) in [6.07, 6.45) is -2.91. The van der Waals surface area contributed by atoms with E-state index >= 15 is 0 Å². The number of β-amino-alcohol motifs (C(OH)–C–C–N with tert-alkyl or cyclic N) is 1. The second kappa shape index (κ2) is 9.24. The van der Waals surface area contributed by atoms with Gasteiger partial charge in [-0.25, -0.2) is 14.4 Å². The van der Waals surface area contributed by atoms with E-state index in [1.165, 1.54) is 25.4 Å². The molecule has 0 aromatic carbocycles. The van der Waals surface area contributed by atoms with Gasteiger partial charge in [0.1, 0.15) is 23.8 Å². The molecule has 2 aliphatic heterocycles. The van der Waals surface area contributed by atoms with E-state index in [2.05, 4.69) is 25.4 Å². The van der Waals surface area contributed by atoms with Crippen LogP contribution >= 0.6 is 0 Å². The highest BCUT2D eigenvalue weighted by atomic mass is 19.4. The molecule has 37 heavy (non-hydrogen) atoms. The van der Waals surface area contributed by atoms with Gasteiger partial charge in [0.05, 0.1) is 29.2 Å². The Morgan fingerprint density at radius 3 is 2.62 bits per heavy atom. The number of hydrogen-bond acceptors (Lipinski definition) is 9. The molecule has 2 saturated heterocycles. The lowest BCUT2D eigenvalue weighted by Crippen LogP contribution is -2.52. The van der Waals surface area contributed by atoms with Crippen molar-refractivity contribution in [1.29, 1.82) is 0 Å². The van der Waals surface area contributed by atoms with Crippen LogP contribution in [-0.2, 0) is 0 Å². The lowest BCUT2D eigenvalue weighted by Gasteiger charge is -2.38. The zero-order chi connectivity index (χ0) is 26.5. The van der Waals surface area contributed by atoms with E-state index in [0.717, 1.165) is 11.6 Å². The van der Waals surface area contributed by atoms with Crippen LogP contribution in [0.4, 0.5) is 41.0 Å². The Bertz CT molecular complexity index is 1280. The van der Waals surface area contributed by atoms with Gasteiger partial charge in [-0.05, 0) is 32.8 Å². The molecule has 0 radical (unpaired) electrons. The number of hydrogen-bond donors (Lipinski definition) is 3. The summed E-state index contributed by atoms with van der Waals surface area (Å²) < 4.78 is 56.2. The number of nitrogens with one attached hydrogen (secondary N) is 1. The number of alkyl halides is 4. The van der Waals surface area contributed by atoms with Gasteiger partial charge in [0.2, 0.25) is 5.95 Å². The molecule has 3 aromatic rings. The summed E-state index contributed by atoms with van der Waals surface area (Å²) in [4.78, 5) is 16.3. The molecule has 0 aliphatic carbocycles. The van der Waals surface area contributed by atoms with E-state index in [1.54, 1.807) is 15.9 Å². The fourth-order valence-electron chi connectivity index (χ4n) is 4.57. The maximum atomic E-state index is 14.3. The monoisotopic (exact) mass is 524 g/mol. The van der Waals surface area contributed by atoms with Gasteiger partial charge in [-0.15, -0.1) is 0 Å². The van der Waals surface area contributed by atoms with Crippen molar-refractivity contribution in [1.82, 2.24) is 24.7 Å². The van der Waals surface area contributed by atoms with Crippen molar-refractivity contribution < 1.29 is 27.8 Å². The molecule has 2 fully saturated rings. The lowest BCUT2D eigenvalue weighted by molar-refractivity contribution is -0.164. The minimum Gasteiger partial charge on any atom is -0.391 e. The SMILES string of the molecule is C[C@@H](n1nc(N2CC[C@@H](O)C2)c2cnc(Nc3ccnc(N4CCC(C)(O)C(F)C4)n3)cc21)C(F)(F)F. The zero-order valence-corrected chi connectivity index (χ0v) is 20.3. The van der Waals surface area contributed by atoms with Crippen LogP contribution in [0, 0.1) is 0 Å². The van der Waals surface area contributed by atoms with Crippen LogP contribution in [0.15, 0.2) is 24.5 Å². The van der Waals surface area contributed by atoms with Crippen molar-refractivity contribution in [2.24, 2.45) is 0 Å². The first-order chi connectivity index (χ1) is 17.4. The Kier molecular flexibility index (Phi) is 6.34. The highest BCUT2D eigenvalue weighted by molar-refractivity contribution is 5.92. The van der Waals surface area contributed by atoms with E-state index in [0.29, 0.717) is 36.5 Å². The van der Waals surface area contributed by atoms with Gasteiger partial charge in [0, 0.05) is 38.1 Å². The second-order valence-electron chi connectivity index (χ2n) is 9.85. The number of aliphatic hydroxyl groups is 2. The maximum absolute atomic E-state index is 14.3. The van der Waals surface area contributed by atoms with Gasteiger partial charge >= 0.3 is 6.18 Å². The number of halogens is 4. The van der Waals surface area contributed by atoms with Gasteiger partial charge in [-0.1, -0.05) is 0 Å². The first-order valence-electron chi connectivity index (χ1n) is 12.0. The Morgan fingerprint density at radius 2 is 1.95 bits per heavy atom. The zero-order valence-electron chi connectivity index (χ0n) is 20.3. The van der Waals surface area contributed by atoms with Crippen LogP contribution in [0.25, 0.3) is 10.9 Å². The van der Waals surface area contributed by atoms with Crippen molar-refractivity contribution in [3.05, 3.63) is 24.5 Å². The molecular weight excluding hydrogens is 496 g/mol. The fraction of sp³-hybridized carbons (Fsp3) is 0.565. The second-order valence-corrected chi connectivity index (χ2v) is 9.85. The van der Waals surface area contributed by atoms with Crippen molar-refractivity contribution >= 4 is 34.3 Å². The molecule has 0 saturated carbocycles. The predicted octanol–water partition coefficient (Wildman–Crippen LogP) is 2.96. The highest BCUT2D eigenvalue weighted by Gasteiger charge is 2.40. The average molecular weight is 525 g/mol. The Hall–Kier alpha value is -3.26. The van der Waals surface area contributed by atoms with Crippen molar-refractivity contribution in [2.45, 2.75) is 56.8 Å². The Balaban J connectivity index is 1.45. The summed E-state index contributed by atoms with van der Waals surface area (Å²) in [5, 5.41) is 27.7. The minimum atomic E-state index is -4.52. The van der Waals surface area contributed by atoms with Crippen LogP contribution < -0.4 is 15.1 Å². The van der Waals surface area contributed by atoms with Crippen LogP contribution in [0.1, 0.15) is 32.7 Å². The molecule has 200 valence electrons. The van der Waals surface area contributed by atoms with E-state index in [-0.39, 0.29) is 36.8 Å². The first kappa shape index (κ1) is 25.4. The number of rotatable bonds is 5. The lowest BCUT2D eigenvalue weighted by atomic mass is 9.92. The largest absolute Gasteiger partial charge is 0.410 e. The Labute approximate surface area is 209 Å². The molecule has 0 amide bonds. The summed E-state index contributed by atoms with van der Waals surface area (Å²) in [7, 11) is 0. The summed E-state index contributed by atoms with van der Waals surface area (Å²) in [6.45, 7) is 3.54. The van der Waals surface area contributed by atoms with Crippen LogP contribution in [0.2, 0.25) is 0 Å². The number of fused-ring (bicyclic) bond motifs is 1. The number of nitrogens with zero attached hydrogens (tertiary/aromatic N) is 7. The maximum Gasteiger partial charge on any atom is 0.410 e. The summed E-state index contributed by atoms with van der Waals surface area (Å²) >= 11 is 0. The van der Waals surface area contributed by atoms with Crippen LogP contribution in [0.3, 0.4) is 0 Å². The Morgan fingerprint density at radius 1 is 1.16 bits per heavy atom. The standard InChI is InChI=1S/C23H28F4N8O2/c1-13(23(25,26)27)35-16-9-19(29-10-15(16)20(32-35)33-7-4-14(36)11-33)30-18-3-6-28-21(31-18)34-8-5-22(2,37)17(24)12-34/h3,6,9-10,13-14,17,36-37H,4-5,7-8,11-12H2,1-2H3,(H,28,29,30,31)/t13-,14-,17?,22?/m1/s1. The smallest absolute Gasteiger partial charge is 0.391 e. The molecule has 14 heteroatoms. The number of aromatic nitrogens is 5. The van der Waals surface area contributed by atoms with Gasteiger partial charge in [0.25, 0.3) is 0 Å². The molecular formula is C23H28F4N8O2. The van der Waals surface area contributed by atoms with Gasteiger partial charge in [-0.3, -0.25) is 4.68 Å². The number of aliphatic hydroxyl groups excluding tert-OH is 1. The molecule has 0 bridgehead atoms. The fourth-order valence-corrected chi connectivity index (χ4v) is 4.57. The third kappa shape index (κ3) is 4.99. The molecule has 4 atom stereocenters. The minimum absolute atomic E-state index is 0.0663. The molecule has 3 N–H and O–H groups in total. The molecule has 3 aromatic heterocycles. The van der Waals surface area contributed by atoms with Crippen molar-refractivity contribution in [2.75, 3.05) is 41.3 Å². The quantitative estimate of drug-likeness (QED) is 0.434. The van der Waals surface area contributed by atoms with Gasteiger partial charge in [-0.2, -0.15) is 23.3 Å². The first-order valence-corrected chi connectivity index (χ1v) is 12.0. The number of piperidine rings is 1. The third-order valence-electron chi connectivity index (χ3n) is 7.00. The molecule has 2 aliphatic rings. The predicted molar refractivity (Wildman–Crippen MR) is 129 cm³/mol. The highest BCUT2D eigenvalue weighted by Crippen LogP contribution is 2.37. The van der Waals surface area contributed by atoms with Crippen molar-refractivity contribution in [3.8, 4) is 0 Å².